The predicted octanol–water partition coefficient (Wildman–Crippen LogP) is 3.63. The Morgan fingerprint density at radius 3 is 2.68 bits per heavy atom. The molecule has 1 aromatic rings. The summed E-state index contributed by atoms with van der Waals surface area (Å²) < 4.78 is 51.1. The van der Waals surface area contributed by atoms with Gasteiger partial charge in [-0.1, -0.05) is 13.0 Å². The van der Waals surface area contributed by atoms with Gasteiger partial charge < -0.3 is 5.32 Å². The lowest BCUT2D eigenvalue weighted by molar-refractivity contribution is -0.140. The molecule has 0 bridgehead atoms. The highest BCUT2D eigenvalue weighted by molar-refractivity contribution is 5.27. The second-order valence-electron chi connectivity index (χ2n) is 5.25. The minimum Gasteiger partial charge on any atom is -0.316 e. The standard InChI is InChI=1S/C14H17F4N/c1-9-4-5-19-8-11(9)6-10-2-3-13(15)12(7-10)14(16,17)18/h2-3,7,9,11,19H,4-6,8H2,1H3. The fraction of sp³-hybridized carbons (Fsp3) is 0.571. The van der Waals surface area contributed by atoms with Crippen LogP contribution in [0.4, 0.5) is 17.6 Å². The molecule has 0 saturated carbocycles. The normalized spacial score (nSPS) is 24.5. The summed E-state index contributed by atoms with van der Waals surface area (Å²) in [7, 11) is 0. The third-order valence-corrected chi connectivity index (χ3v) is 3.82. The highest BCUT2D eigenvalue weighted by Gasteiger charge is 2.34. The first kappa shape index (κ1) is 14.3. The predicted molar refractivity (Wildman–Crippen MR) is 65.2 cm³/mol. The molecule has 1 saturated heterocycles. The van der Waals surface area contributed by atoms with Gasteiger partial charge in [-0.3, -0.25) is 0 Å². The van der Waals surface area contributed by atoms with E-state index in [4.69, 9.17) is 0 Å². The summed E-state index contributed by atoms with van der Waals surface area (Å²) in [5, 5.41) is 3.25. The number of piperidine rings is 1. The zero-order valence-electron chi connectivity index (χ0n) is 10.7. The molecule has 0 aromatic heterocycles. The van der Waals surface area contributed by atoms with Crippen molar-refractivity contribution in [1.29, 1.82) is 0 Å². The van der Waals surface area contributed by atoms with Gasteiger partial charge in [0.05, 0.1) is 5.56 Å². The van der Waals surface area contributed by atoms with Crippen LogP contribution in [0.3, 0.4) is 0 Å². The van der Waals surface area contributed by atoms with Gasteiger partial charge >= 0.3 is 6.18 Å². The van der Waals surface area contributed by atoms with Gasteiger partial charge in [0.1, 0.15) is 5.82 Å². The number of nitrogens with one attached hydrogen (secondary N) is 1. The third-order valence-electron chi connectivity index (χ3n) is 3.82. The number of benzene rings is 1. The summed E-state index contributed by atoms with van der Waals surface area (Å²) in [6.45, 7) is 3.87. The number of alkyl halides is 3. The summed E-state index contributed by atoms with van der Waals surface area (Å²) in [5.74, 6) is -0.424. The maximum atomic E-state index is 13.2. The molecule has 2 unspecified atom stereocenters. The van der Waals surface area contributed by atoms with Gasteiger partial charge in [0, 0.05) is 0 Å². The largest absolute Gasteiger partial charge is 0.419 e. The van der Waals surface area contributed by atoms with Crippen LogP contribution in [0, 0.1) is 17.7 Å². The van der Waals surface area contributed by atoms with Crippen molar-refractivity contribution in [3.8, 4) is 0 Å². The smallest absolute Gasteiger partial charge is 0.316 e. The number of rotatable bonds is 2. The Morgan fingerprint density at radius 1 is 1.32 bits per heavy atom. The lowest BCUT2D eigenvalue weighted by Crippen LogP contribution is -2.36. The molecular formula is C14H17F4N. The van der Waals surface area contributed by atoms with Crippen LogP contribution in [0.5, 0.6) is 0 Å². The maximum Gasteiger partial charge on any atom is 0.419 e. The lowest BCUT2D eigenvalue weighted by Gasteiger charge is -2.29. The number of halogens is 4. The van der Waals surface area contributed by atoms with E-state index in [-0.39, 0.29) is 0 Å². The van der Waals surface area contributed by atoms with E-state index in [1.54, 1.807) is 0 Å². The van der Waals surface area contributed by atoms with Gasteiger partial charge in [0.2, 0.25) is 0 Å². The minimum absolute atomic E-state index is 0.306. The van der Waals surface area contributed by atoms with Crippen LogP contribution in [0.2, 0.25) is 0 Å². The van der Waals surface area contributed by atoms with Crippen molar-refractivity contribution in [2.24, 2.45) is 11.8 Å². The van der Waals surface area contributed by atoms with Gasteiger partial charge in [0.15, 0.2) is 0 Å². The van der Waals surface area contributed by atoms with E-state index >= 15 is 0 Å². The zero-order valence-corrected chi connectivity index (χ0v) is 10.7. The maximum absolute atomic E-state index is 13.2. The summed E-state index contributed by atoms with van der Waals surface area (Å²) in [6, 6.07) is 3.31. The third kappa shape index (κ3) is 3.47. The Labute approximate surface area is 110 Å². The molecule has 0 amide bonds. The van der Waals surface area contributed by atoms with Crippen molar-refractivity contribution in [2.75, 3.05) is 13.1 Å². The Hall–Kier alpha value is -1.10. The first-order valence-electron chi connectivity index (χ1n) is 6.44. The average molecular weight is 275 g/mol. The van der Waals surface area contributed by atoms with E-state index in [1.165, 1.54) is 6.07 Å². The van der Waals surface area contributed by atoms with Crippen molar-refractivity contribution >= 4 is 0 Å². The highest BCUT2D eigenvalue weighted by Crippen LogP contribution is 2.33. The monoisotopic (exact) mass is 275 g/mol. The Kier molecular flexibility index (Phi) is 4.13. The fourth-order valence-electron chi connectivity index (χ4n) is 2.55. The quantitative estimate of drug-likeness (QED) is 0.813. The van der Waals surface area contributed by atoms with Crippen molar-refractivity contribution < 1.29 is 17.6 Å². The highest BCUT2D eigenvalue weighted by atomic mass is 19.4. The van der Waals surface area contributed by atoms with Crippen LogP contribution < -0.4 is 5.32 Å². The van der Waals surface area contributed by atoms with Gasteiger partial charge in [0.25, 0.3) is 0 Å². The van der Waals surface area contributed by atoms with Crippen molar-refractivity contribution in [3.05, 3.63) is 35.1 Å². The first-order chi connectivity index (χ1) is 8.88. The molecular weight excluding hydrogens is 258 g/mol. The van der Waals surface area contributed by atoms with Gasteiger partial charge in [-0.2, -0.15) is 13.2 Å². The molecule has 19 heavy (non-hydrogen) atoms. The van der Waals surface area contributed by atoms with E-state index in [0.717, 1.165) is 31.6 Å². The van der Waals surface area contributed by atoms with Crippen LogP contribution in [0.25, 0.3) is 0 Å². The first-order valence-corrected chi connectivity index (χ1v) is 6.44. The summed E-state index contributed by atoms with van der Waals surface area (Å²) in [5.41, 5.74) is -0.615. The molecule has 1 fully saturated rings. The molecule has 0 radical (unpaired) electrons. The molecule has 1 N–H and O–H groups in total. The summed E-state index contributed by atoms with van der Waals surface area (Å²) >= 11 is 0. The number of hydrogen-bond acceptors (Lipinski definition) is 1. The van der Waals surface area contributed by atoms with Gasteiger partial charge in [-0.05, 0) is 55.5 Å². The molecule has 1 heterocycles. The topological polar surface area (TPSA) is 12.0 Å². The Bertz CT molecular complexity index is 442. The SMILES string of the molecule is CC1CCNCC1Cc1ccc(F)c(C(F)(F)F)c1. The van der Waals surface area contributed by atoms with Gasteiger partial charge in [-0.15, -0.1) is 0 Å². The van der Waals surface area contributed by atoms with Crippen molar-refractivity contribution in [2.45, 2.75) is 25.9 Å². The average Bonchev–Trinajstić information content (AvgIpc) is 2.33. The van der Waals surface area contributed by atoms with E-state index in [9.17, 15) is 17.6 Å². The molecule has 0 aliphatic carbocycles. The van der Waals surface area contributed by atoms with Crippen LogP contribution in [-0.2, 0) is 12.6 Å². The molecule has 1 aromatic carbocycles. The van der Waals surface area contributed by atoms with Crippen molar-refractivity contribution in [1.82, 2.24) is 5.32 Å². The molecule has 2 atom stereocenters. The molecule has 1 aliphatic rings. The fourth-order valence-corrected chi connectivity index (χ4v) is 2.55. The second-order valence-corrected chi connectivity index (χ2v) is 5.25. The van der Waals surface area contributed by atoms with Crippen LogP contribution in [0.1, 0.15) is 24.5 Å². The minimum atomic E-state index is -4.63. The number of hydrogen-bond donors (Lipinski definition) is 1. The summed E-state index contributed by atoms with van der Waals surface area (Å²) in [4.78, 5) is 0. The van der Waals surface area contributed by atoms with Gasteiger partial charge in [-0.25, -0.2) is 4.39 Å². The molecule has 5 heteroatoms. The van der Waals surface area contributed by atoms with Crippen LogP contribution in [-0.4, -0.2) is 13.1 Å². The molecule has 2 rings (SSSR count). The van der Waals surface area contributed by atoms with E-state index in [1.807, 2.05) is 0 Å². The summed E-state index contributed by atoms with van der Waals surface area (Å²) in [6.07, 6.45) is -3.05. The van der Waals surface area contributed by atoms with E-state index < -0.39 is 17.6 Å². The zero-order chi connectivity index (χ0) is 14.0. The van der Waals surface area contributed by atoms with Crippen LogP contribution >= 0.6 is 0 Å². The van der Waals surface area contributed by atoms with Crippen LogP contribution in [0.15, 0.2) is 18.2 Å². The molecule has 106 valence electrons. The molecule has 0 spiro atoms. The second kappa shape index (κ2) is 5.49. The van der Waals surface area contributed by atoms with E-state index in [2.05, 4.69) is 12.2 Å². The van der Waals surface area contributed by atoms with E-state index in [0.29, 0.717) is 23.8 Å². The lowest BCUT2D eigenvalue weighted by atomic mass is 9.83. The molecule has 1 aliphatic heterocycles. The Balaban J connectivity index is 2.17. The molecule has 1 nitrogen and oxygen atoms in total. The Morgan fingerprint density at radius 2 is 2.05 bits per heavy atom. The van der Waals surface area contributed by atoms with Crippen molar-refractivity contribution in [3.63, 3.8) is 0 Å².